The molecule has 1 aromatic rings. The molecule has 3 N–H and O–H groups in total. The molecule has 1 heterocycles. The molecular formula is C10H19N5O2S. The van der Waals surface area contributed by atoms with Crippen LogP contribution in [0.2, 0.25) is 0 Å². The van der Waals surface area contributed by atoms with Crippen LogP contribution in [0.15, 0.2) is 12.3 Å². The maximum absolute atomic E-state index is 11.8. The van der Waals surface area contributed by atoms with Crippen molar-refractivity contribution in [2.24, 2.45) is 5.73 Å². The molecule has 0 saturated heterocycles. The summed E-state index contributed by atoms with van der Waals surface area (Å²) in [6.45, 7) is 2.77. The lowest BCUT2D eigenvalue weighted by atomic mass is 10.4. The summed E-state index contributed by atoms with van der Waals surface area (Å²) < 4.78 is 27.4. The third-order valence-electron chi connectivity index (χ3n) is 2.36. The summed E-state index contributed by atoms with van der Waals surface area (Å²) in [6, 6.07) is 1.68. The van der Waals surface area contributed by atoms with Crippen LogP contribution in [0, 0.1) is 6.92 Å². The van der Waals surface area contributed by atoms with E-state index in [0.717, 1.165) is 0 Å². The molecule has 0 saturated carbocycles. The van der Waals surface area contributed by atoms with Crippen LogP contribution in [-0.2, 0) is 16.8 Å². The molecule has 0 spiro atoms. The van der Waals surface area contributed by atoms with Crippen molar-refractivity contribution in [1.29, 1.82) is 0 Å². The van der Waals surface area contributed by atoms with E-state index in [9.17, 15) is 8.42 Å². The Morgan fingerprint density at radius 2 is 2.22 bits per heavy atom. The Morgan fingerprint density at radius 1 is 1.50 bits per heavy atom. The highest BCUT2D eigenvalue weighted by Gasteiger charge is 2.16. The van der Waals surface area contributed by atoms with E-state index in [2.05, 4.69) is 14.7 Å². The number of nitrogens with zero attached hydrogens (tertiary/aromatic N) is 3. The summed E-state index contributed by atoms with van der Waals surface area (Å²) in [7, 11) is -1.96. The lowest BCUT2D eigenvalue weighted by Gasteiger charge is -2.17. The van der Waals surface area contributed by atoms with E-state index in [1.165, 1.54) is 11.4 Å². The van der Waals surface area contributed by atoms with Crippen LogP contribution in [-0.4, -0.2) is 42.8 Å². The zero-order valence-corrected chi connectivity index (χ0v) is 11.4. The topological polar surface area (TPSA) is 101 Å². The Bertz CT molecular complexity index is 477. The minimum atomic E-state index is -3.48. The van der Waals surface area contributed by atoms with E-state index in [0.29, 0.717) is 31.0 Å². The van der Waals surface area contributed by atoms with E-state index < -0.39 is 10.2 Å². The van der Waals surface area contributed by atoms with Crippen LogP contribution >= 0.6 is 0 Å². The Kier molecular flexibility index (Phi) is 5.60. The standard InChI is InChI=1S/C10H19N5O2S/c1-9-12-6-4-10(14-9)8-13-18(16,17)15(2)7-3-5-11/h4,6,13H,3,5,7-8,11H2,1-2H3. The van der Waals surface area contributed by atoms with Gasteiger partial charge in [-0.1, -0.05) is 0 Å². The number of nitrogens with two attached hydrogens (primary N) is 1. The molecule has 0 fully saturated rings. The van der Waals surface area contributed by atoms with Gasteiger partial charge >= 0.3 is 0 Å². The van der Waals surface area contributed by atoms with Crippen molar-refractivity contribution in [3.05, 3.63) is 23.8 Å². The molecule has 0 atom stereocenters. The van der Waals surface area contributed by atoms with Gasteiger partial charge in [0.05, 0.1) is 12.2 Å². The van der Waals surface area contributed by atoms with Gasteiger partial charge in [-0.05, 0) is 26.0 Å². The highest BCUT2D eigenvalue weighted by molar-refractivity contribution is 7.87. The van der Waals surface area contributed by atoms with Crippen LogP contribution in [0.5, 0.6) is 0 Å². The van der Waals surface area contributed by atoms with Crippen molar-refractivity contribution in [2.75, 3.05) is 20.1 Å². The van der Waals surface area contributed by atoms with Crippen molar-refractivity contribution in [3.63, 3.8) is 0 Å². The molecule has 0 aliphatic rings. The fourth-order valence-corrected chi connectivity index (χ4v) is 2.23. The molecule has 0 aromatic carbocycles. The Morgan fingerprint density at radius 3 is 2.83 bits per heavy atom. The van der Waals surface area contributed by atoms with Gasteiger partial charge in [-0.2, -0.15) is 17.4 Å². The van der Waals surface area contributed by atoms with E-state index in [-0.39, 0.29) is 6.54 Å². The fraction of sp³-hybridized carbons (Fsp3) is 0.600. The maximum Gasteiger partial charge on any atom is 0.279 e. The third-order valence-corrected chi connectivity index (χ3v) is 3.87. The zero-order chi connectivity index (χ0) is 13.6. The molecule has 0 bridgehead atoms. The summed E-state index contributed by atoms with van der Waals surface area (Å²) >= 11 is 0. The summed E-state index contributed by atoms with van der Waals surface area (Å²) in [4.78, 5) is 8.07. The molecule has 0 radical (unpaired) electrons. The SMILES string of the molecule is Cc1nccc(CNS(=O)(=O)N(C)CCCN)n1. The highest BCUT2D eigenvalue weighted by atomic mass is 32.2. The molecule has 18 heavy (non-hydrogen) atoms. The van der Waals surface area contributed by atoms with Crippen LogP contribution in [0.4, 0.5) is 0 Å². The molecular weight excluding hydrogens is 254 g/mol. The molecule has 1 aromatic heterocycles. The number of nitrogens with one attached hydrogen (secondary N) is 1. The first-order valence-corrected chi connectivity index (χ1v) is 7.09. The van der Waals surface area contributed by atoms with Crippen molar-refractivity contribution < 1.29 is 8.42 Å². The van der Waals surface area contributed by atoms with Gasteiger partial charge in [-0.15, -0.1) is 0 Å². The summed E-state index contributed by atoms with van der Waals surface area (Å²) in [5.41, 5.74) is 5.98. The maximum atomic E-state index is 11.8. The van der Waals surface area contributed by atoms with E-state index in [1.54, 1.807) is 19.2 Å². The highest BCUT2D eigenvalue weighted by Crippen LogP contribution is 1.99. The number of rotatable bonds is 7. The van der Waals surface area contributed by atoms with Crippen LogP contribution in [0.25, 0.3) is 0 Å². The first-order chi connectivity index (χ1) is 8.45. The van der Waals surface area contributed by atoms with Crippen molar-refractivity contribution in [3.8, 4) is 0 Å². The molecule has 1 rings (SSSR count). The van der Waals surface area contributed by atoms with E-state index >= 15 is 0 Å². The van der Waals surface area contributed by atoms with Crippen molar-refractivity contribution >= 4 is 10.2 Å². The predicted octanol–water partition coefficient (Wildman–Crippen LogP) is -0.600. The summed E-state index contributed by atoms with van der Waals surface area (Å²) in [5, 5.41) is 0. The first kappa shape index (κ1) is 15.0. The second kappa shape index (κ2) is 6.74. The minimum Gasteiger partial charge on any atom is -0.330 e. The smallest absolute Gasteiger partial charge is 0.279 e. The molecule has 0 aliphatic heterocycles. The van der Waals surface area contributed by atoms with Crippen LogP contribution < -0.4 is 10.5 Å². The van der Waals surface area contributed by atoms with Gasteiger partial charge in [-0.3, -0.25) is 0 Å². The van der Waals surface area contributed by atoms with Gasteiger partial charge in [0, 0.05) is 19.8 Å². The second-order valence-corrected chi connectivity index (χ2v) is 5.75. The van der Waals surface area contributed by atoms with Gasteiger partial charge < -0.3 is 5.73 Å². The third kappa shape index (κ3) is 4.65. The average molecular weight is 273 g/mol. The van der Waals surface area contributed by atoms with Gasteiger partial charge in [0.2, 0.25) is 0 Å². The second-order valence-electron chi connectivity index (χ2n) is 3.89. The monoisotopic (exact) mass is 273 g/mol. The van der Waals surface area contributed by atoms with Crippen molar-refractivity contribution in [2.45, 2.75) is 19.9 Å². The number of hydrogen-bond donors (Lipinski definition) is 2. The van der Waals surface area contributed by atoms with E-state index in [4.69, 9.17) is 5.73 Å². The molecule has 0 amide bonds. The zero-order valence-electron chi connectivity index (χ0n) is 10.6. The van der Waals surface area contributed by atoms with Crippen molar-refractivity contribution in [1.82, 2.24) is 19.0 Å². The quantitative estimate of drug-likeness (QED) is 0.691. The van der Waals surface area contributed by atoms with Gasteiger partial charge in [0.1, 0.15) is 5.82 Å². The van der Waals surface area contributed by atoms with Crippen LogP contribution in [0.1, 0.15) is 17.9 Å². The fourth-order valence-electron chi connectivity index (χ4n) is 1.31. The number of hydrogen-bond acceptors (Lipinski definition) is 5. The molecule has 0 unspecified atom stereocenters. The Hall–Kier alpha value is -1.09. The summed E-state index contributed by atoms with van der Waals surface area (Å²) in [5.74, 6) is 0.614. The lowest BCUT2D eigenvalue weighted by molar-refractivity contribution is 0.452. The first-order valence-electron chi connectivity index (χ1n) is 5.65. The number of aryl methyl sites for hydroxylation is 1. The molecule has 7 nitrogen and oxygen atoms in total. The lowest BCUT2D eigenvalue weighted by Crippen LogP contribution is -2.39. The molecule has 8 heteroatoms. The minimum absolute atomic E-state index is 0.151. The normalized spacial score (nSPS) is 12.0. The Labute approximate surface area is 108 Å². The summed E-state index contributed by atoms with van der Waals surface area (Å²) in [6.07, 6.45) is 2.23. The molecule has 0 aliphatic carbocycles. The molecule has 102 valence electrons. The van der Waals surface area contributed by atoms with Crippen LogP contribution in [0.3, 0.4) is 0 Å². The predicted molar refractivity (Wildman–Crippen MR) is 68.8 cm³/mol. The average Bonchev–Trinajstić information content (AvgIpc) is 2.33. The van der Waals surface area contributed by atoms with E-state index in [1.807, 2.05) is 0 Å². The van der Waals surface area contributed by atoms with Gasteiger partial charge in [-0.25, -0.2) is 9.97 Å². The largest absolute Gasteiger partial charge is 0.330 e. The van der Waals surface area contributed by atoms with Gasteiger partial charge in [0.15, 0.2) is 0 Å². The Balaban J connectivity index is 2.56. The number of aromatic nitrogens is 2. The van der Waals surface area contributed by atoms with Gasteiger partial charge in [0.25, 0.3) is 10.2 Å².